The van der Waals surface area contributed by atoms with E-state index in [2.05, 4.69) is 32.3 Å². The molecule has 29 heavy (non-hydrogen) atoms. The quantitative estimate of drug-likeness (QED) is 0.856. The van der Waals surface area contributed by atoms with Crippen LogP contribution >= 0.6 is 0 Å². The molecule has 0 radical (unpaired) electrons. The number of hydrogen-bond donors (Lipinski definition) is 1. The van der Waals surface area contributed by atoms with Crippen LogP contribution in [0.25, 0.3) is 0 Å². The molecule has 2 saturated heterocycles. The number of anilines is 3. The molecule has 8 heteroatoms. The molecule has 0 unspecified atom stereocenters. The average molecular weight is 394 g/mol. The van der Waals surface area contributed by atoms with Crippen molar-refractivity contribution in [2.75, 3.05) is 49.5 Å². The number of rotatable bonds is 4. The smallest absolute Gasteiger partial charge is 0.257 e. The Morgan fingerprint density at radius 1 is 0.862 bits per heavy atom. The van der Waals surface area contributed by atoms with Gasteiger partial charge in [0, 0.05) is 70.0 Å². The Morgan fingerprint density at radius 3 is 2.03 bits per heavy atom. The van der Waals surface area contributed by atoms with E-state index in [-0.39, 0.29) is 11.8 Å². The molecule has 8 nitrogen and oxygen atoms in total. The Morgan fingerprint density at radius 2 is 1.45 bits per heavy atom. The maximum absolute atomic E-state index is 12.6. The normalized spacial score (nSPS) is 16.8. The van der Waals surface area contributed by atoms with Gasteiger partial charge in [-0.05, 0) is 37.1 Å². The van der Waals surface area contributed by atoms with Crippen LogP contribution in [0.3, 0.4) is 0 Å². The third-order valence-corrected chi connectivity index (χ3v) is 5.51. The molecule has 2 aliphatic heterocycles. The second-order valence-electron chi connectivity index (χ2n) is 7.46. The van der Waals surface area contributed by atoms with E-state index in [4.69, 9.17) is 0 Å². The molecule has 1 aromatic heterocycles. The van der Waals surface area contributed by atoms with Gasteiger partial charge in [-0.1, -0.05) is 0 Å². The summed E-state index contributed by atoms with van der Waals surface area (Å²) in [4.78, 5) is 38.5. The molecule has 0 bridgehead atoms. The van der Waals surface area contributed by atoms with E-state index in [1.54, 1.807) is 29.1 Å². The highest BCUT2D eigenvalue weighted by molar-refractivity contribution is 5.94. The molecule has 1 aromatic carbocycles. The summed E-state index contributed by atoms with van der Waals surface area (Å²) in [5.74, 6) is 0.399. The summed E-state index contributed by atoms with van der Waals surface area (Å²) in [5, 5.41) is 3.18. The number of carbonyl (C=O) groups excluding carboxylic acids is 2. The first-order chi connectivity index (χ1) is 14.1. The number of amides is 2. The Hall–Kier alpha value is -3.16. The molecular weight excluding hydrogens is 368 g/mol. The van der Waals surface area contributed by atoms with E-state index in [1.165, 1.54) is 18.5 Å². The van der Waals surface area contributed by atoms with E-state index in [9.17, 15) is 9.59 Å². The first-order valence-electron chi connectivity index (χ1n) is 10.1. The number of benzene rings is 1. The Kier molecular flexibility index (Phi) is 5.59. The molecule has 1 N–H and O–H groups in total. The Bertz CT molecular complexity index is 854. The summed E-state index contributed by atoms with van der Waals surface area (Å²) >= 11 is 0. The maximum Gasteiger partial charge on any atom is 0.257 e. The first kappa shape index (κ1) is 19.2. The molecule has 0 aliphatic carbocycles. The van der Waals surface area contributed by atoms with Gasteiger partial charge in [0.15, 0.2) is 0 Å². The fraction of sp³-hybridized carbons (Fsp3) is 0.429. The highest BCUT2D eigenvalue weighted by Gasteiger charge is 2.23. The molecule has 0 saturated carbocycles. The summed E-state index contributed by atoms with van der Waals surface area (Å²) in [7, 11) is 0. The molecule has 0 spiro atoms. The maximum atomic E-state index is 12.6. The molecular formula is C21H26N6O2. The fourth-order valence-corrected chi connectivity index (χ4v) is 3.77. The van der Waals surface area contributed by atoms with E-state index >= 15 is 0 Å². The van der Waals surface area contributed by atoms with Crippen LogP contribution in [0.5, 0.6) is 0 Å². The first-order valence-corrected chi connectivity index (χ1v) is 10.1. The molecule has 0 atom stereocenters. The number of aromatic nitrogens is 2. The van der Waals surface area contributed by atoms with Crippen LogP contribution in [0.2, 0.25) is 0 Å². The van der Waals surface area contributed by atoms with Gasteiger partial charge >= 0.3 is 0 Å². The number of nitrogens with zero attached hydrogens (tertiary/aromatic N) is 5. The largest absolute Gasteiger partial charge is 0.372 e. The van der Waals surface area contributed by atoms with Crippen molar-refractivity contribution >= 4 is 29.1 Å². The van der Waals surface area contributed by atoms with Crippen molar-refractivity contribution in [3.05, 3.63) is 42.2 Å². The van der Waals surface area contributed by atoms with Crippen molar-refractivity contribution in [2.24, 2.45) is 0 Å². The molecule has 2 fully saturated rings. The summed E-state index contributed by atoms with van der Waals surface area (Å²) in [6, 6.07) is 8.24. The number of piperazine rings is 1. The predicted molar refractivity (Wildman–Crippen MR) is 111 cm³/mol. The van der Waals surface area contributed by atoms with Gasteiger partial charge in [-0.2, -0.15) is 0 Å². The molecule has 3 heterocycles. The van der Waals surface area contributed by atoms with Crippen LogP contribution in [0.4, 0.5) is 17.3 Å². The van der Waals surface area contributed by atoms with Gasteiger partial charge in [0.2, 0.25) is 11.9 Å². The van der Waals surface area contributed by atoms with Crippen LogP contribution < -0.4 is 10.2 Å². The van der Waals surface area contributed by atoms with Crippen molar-refractivity contribution in [1.29, 1.82) is 0 Å². The van der Waals surface area contributed by atoms with E-state index < -0.39 is 0 Å². The number of hydrogen-bond acceptors (Lipinski definition) is 6. The van der Waals surface area contributed by atoms with Gasteiger partial charge in [0.05, 0.1) is 5.56 Å². The minimum absolute atomic E-state index is 0.0457. The van der Waals surface area contributed by atoms with E-state index in [0.717, 1.165) is 18.8 Å². The highest BCUT2D eigenvalue weighted by atomic mass is 16.2. The van der Waals surface area contributed by atoms with Crippen LogP contribution in [-0.2, 0) is 4.79 Å². The van der Waals surface area contributed by atoms with Crippen LogP contribution in [0.1, 0.15) is 30.1 Å². The molecule has 2 amide bonds. The second-order valence-corrected chi connectivity index (χ2v) is 7.46. The molecule has 2 aromatic rings. The van der Waals surface area contributed by atoms with Crippen LogP contribution in [0, 0.1) is 0 Å². The van der Waals surface area contributed by atoms with Crippen molar-refractivity contribution in [1.82, 2.24) is 19.8 Å². The van der Waals surface area contributed by atoms with Crippen LogP contribution in [0.15, 0.2) is 36.7 Å². The summed E-state index contributed by atoms with van der Waals surface area (Å²) in [5.41, 5.74) is 2.60. The SMILES string of the molecule is CC(=O)N1CCN(C(=O)c2cnc(Nc3ccc(N4CCCC4)cc3)nc2)CC1. The predicted octanol–water partition coefficient (Wildman–Crippen LogP) is 2.12. The summed E-state index contributed by atoms with van der Waals surface area (Å²) < 4.78 is 0. The topological polar surface area (TPSA) is 81.7 Å². The number of nitrogens with one attached hydrogen (secondary N) is 1. The lowest BCUT2D eigenvalue weighted by molar-refractivity contribution is -0.130. The summed E-state index contributed by atoms with van der Waals surface area (Å²) in [6.07, 6.45) is 5.61. The lowest BCUT2D eigenvalue weighted by atomic mass is 10.2. The highest BCUT2D eigenvalue weighted by Crippen LogP contribution is 2.23. The molecule has 2 aliphatic rings. The molecule has 152 valence electrons. The van der Waals surface area contributed by atoms with Crippen molar-refractivity contribution in [3.8, 4) is 0 Å². The van der Waals surface area contributed by atoms with Gasteiger partial charge in [0.1, 0.15) is 0 Å². The third-order valence-electron chi connectivity index (χ3n) is 5.51. The lowest BCUT2D eigenvalue weighted by Crippen LogP contribution is -2.50. The van der Waals surface area contributed by atoms with Crippen LogP contribution in [-0.4, -0.2) is 70.9 Å². The van der Waals surface area contributed by atoms with Crippen molar-refractivity contribution < 1.29 is 9.59 Å². The third kappa shape index (κ3) is 4.47. The minimum Gasteiger partial charge on any atom is -0.372 e. The standard InChI is InChI=1S/C21H26N6O2/c1-16(28)25-10-12-27(13-11-25)20(29)17-14-22-21(23-15-17)24-18-4-6-19(7-5-18)26-8-2-3-9-26/h4-7,14-15H,2-3,8-13H2,1H3,(H,22,23,24). The zero-order chi connectivity index (χ0) is 20.2. The van der Waals surface area contributed by atoms with Crippen molar-refractivity contribution in [3.63, 3.8) is 0 Å². The Balaban J connectivity index is 1.34. The monoisotopic (exact) mass is 394 g/mol. The number of carbonyl (C=O) groups is 2. The minimum atomic E-state index is -0.102. The van der Waals surface area contributed by atoms with Gasteiger partial charge in [0.25, 0.3) is 5.91 Å². The lowest BCUT2D eigenvalue weighted by Gasteiger charge is -2.34. The van der Waals surface area contributed by atoms with Gasteiger partial charge < -0.3 is 20.0 Å². The zero-order valence-corrected chi connectivity index (χ0v) is 16.7. The van der Waals surface area contributed by atoms with Gasteiger partial charge in [-0.3, -0.25) is 9.59 Å². The van der Waals surface area contributed by atoms with E-state index in [0.29, 0.717) is 37.7 Å². The van der Waals surface area contributed by atoms with Gasteiger partial charge in [-0.25, -0.2) is 9.97 Å². The average Bonchev–Trinajstić information content (AvgIpc) is 3.29. The van der Waals surface area contributed by atoms with Crippen molar-refractivity contribution in [2.45, 2.75) is 19.8 Å². The summed E-state index contributed by atoms with van der Waals surface area (Å²) in [6.45, 7) is 5.98. The zero-order valence-electron chi connectivity index (χ0n) is 16.7. The fourth-order valence-electron chi connectivity index (χ4n) is 3.77. The van der Waals surface area contributed by atoms with E-state index in [1.807, 2.05) is 12.1 Å². The van der Waals surface area contributed by atoms with Gasteiger partial charge in [-0.15, -0.1) is 0 Å². The Labute approximate surface area is 170 Å². The second kappa shape index (κ2) is 8.46. The molecule has 4 rings (SSSR count).